The van der Waals surface area contributed by atoms with Crippen LogP contribution in [-0.2, 0) is 0 Å². The lowest BCUT2D eigenvalue weighted by molar-refractivity contribution is 0.524. The predicted molar refractivity (Wildman–Crippen MR) is 121 cm³/mol. The van der Waals surface area contributed by atoms with Crippen LogP contribution in [0, 0.1) is 0 Å². The Morgan fingerprint density at radius 2 is 0.667 bits per heavy atom. The highest BCUT2D eigenvalue weighted by Crippen LogP contribution is 2.14. The molecule has 0 spiro atoms. The van der Waals surface area contributed by atoms with Crippen LogP contribution in [0.15, 0.2) is 12.7 Å². The van der Waals surface area contributed by atoms with Crippen LogP contribution in [0.4, 0.5) is 0 Å². The minimum Gasteiger partial charge on any atom is -0.103 e. The molecule has 0 unspecified atom stereocenters. The normalized spacial score (nSPS) is 11.0. The minimum absolute atomic E-state index is 1.21. The molecule has 0 saturated carbocycles. The Morgan fingerprint density at radius 1 is 0.417 bits per heavy atom. The van der Waals surface area contributed by atoms with Crippen molar-refractivity contribution in [3.63, 3.8) is 0 Å². The molecule has 0 saturated heterocycles. The Kier molecular flexibility index (Phi) is 23.9. The first-order valence-corrected chi connectivity index (χ1v) is 12.6. The summed E-state index contributed by atoms with van der Waals surface area (Å²) in [4.78, 5) is 0. The molecule has 24 heavy (non-hydrogen) atoms. The van der Waals surface area contributed by atoms with Crippen LogP contribution < -0.4 is 0 Å². The van der Waals surface area contributed by atoms with E-state index in [1.165, 1.54) is 133 Å². The summed E-state index contributed by atoms with van der Waals surface area (Å²) in [7, 11) is 0. The third-order valence-corrected chi connectivity index (χ3v) is 5.80. The largest absolute Gasteiger partial charge is 0.103 e. The van der Waals surface area contributed by atoms with Crippen molar-refractivity contribution in [2.45, 2.75) is 128 Å². The molecule has 0 fully saturated rings. The number of hydrogen-bond donors (Lipinski definition) is 0. The highest BCUT2D eigenvalue weighted by Gasteiger charge is 1.95. The van der Waals surface area contributed by atoms with E-state index in [1.807, 2.05) is 0 Å². The van der Waals surface area contributed by atoms with E-state index in [2.05, 4.69) is 35.2 Å². The molecule has 0 aliphatic carbocycles. The second-order valence-electron chi connectivity index (χ2n) is 7.48. The number of allylic oxidation sites excluding steroid dienone is 1. The lowest BCUT2D eigenvalue weighted by Gasteiger charge is -2.04. The Labute approximate surface area is 167 Å². The molecular formula is C23H45I. The first-order valence-electron chi connectivity index (χ1n) is 11.1. The number of hydrogen-bond acceptors (Lipinski definition) is 0. The first kappa shape index (κ1) is 24.5. The fourth-order valence-electron chi connectivity index (χ4n) is 3.39. The monoisotopic (exact) mass is 448 g/mol. The van der Waals surface area contributed by atoms with Crippen molar-refractivity contribution in [1.29, 1.82) is 0 Å². The lowest BCUT2D eigenvalue weighted by Crippen LogP contribution is -1.84. The quantitative estimate of drug-likeness (QED) is 0.0710. The summed E-state index contributed by atoms with van der Waals surface area (Å²) < 4.78 is 1.34. The summed E-state index contributed by atoms with van der Waals surface area (Å²) in [6.07, 6.45) is 31.0. The van der Waals surface area contributed by atoms with Gasteiger partial charge < -0.3 is 0 Å². The standard InChI is InChI=1S/C23H45I/c1-2-3-4-5-6-7-8-9-10-11-12-13-14-15-16-17-18-19-20-21-22-23-24/h2H,1,3-23H2. The van der Waals surface area contributed by atoms with Gasteiger partial charge in [-0.15, -0.1) is 6.58 Å². The van der Waals surface area contributed by atoms with E-state index in [1.54, 1.807) is 0 Å². The molecule has 0 amide bonds. The number of unbranched alkanes of at least 4 members (excludes halogenated alkanes) is 19. The summed E-state index contributed by atoms with van der Waals surface area (Å²) in [6.45, 7) is 3.78. The van der Waals surface area contributed by atoms with Crippen LogP contribution in [0.25, 0.3) is 0 Å². The van der Waals surface area contributed by atoms with Crippen LogP contribution in [0.3, 0.4) is 0 Å². The molecule has 0 atom stereocenters. The molecule has 1 heteroatoms. The second-order valence-corrected chi connectivity index (χ2v) is 8.56. The van der Waals surface area contributed by atoms with Crippen molar-refractivity contribution in [3.05, 3.63) is 12.7 Å². The fourth-order valence-corrected chi connectivity index (χ4v) is 3.93. The van der Waals surface area contributed by atoms with Gasteiger partial charge in [0.25, 0.3) is 0 Å². The highest BCUT2D eigenvalue weighted by atomic mass is 127. The Hall–Kier alpha value is 0.470. The van der Waals surface area contributed by atoms with E-state index < -0.39 is 0 Å². The molecule has 0 aliphatic heterocycles. The van der Waals surface area contributed by atoms with E-state index in [4.69, 9.17) is 0 Å². The molecule has 0 aromatic carbocycles. The molecule has 0 bridgehead atoms. The molecule has 0 rings (SSSR count). The molecule has 144 valence electrons. The van der Waals surface area contributed by atoms with Gasteiger partial charge in [-0.25, -0.2) is 0 Å². The third kappa shape index (κ3) is 22.5. The summed E-state index contributed by atoms with van der Waals surface area (Å²) in [5, 5.41) is 0. The topological polar surface area (TPSA) is 0 Å². The summed E-state index contributed by atoms with van der Waals surface area (Å²) in [6, 6.07) is 0. The zero-order chi connectivity index (χ0) is 17.6. The molecule has 0 heterocycles. The molecule has 0 N–H and O–H groups in total. The SMILES string of the molecule is C=CCCCCCCCCCCCCCCCCCCCCCI. The van der Waals surface area contributed by atoms with Crippen molar-refractivity contribution in [2.24, 2.45) is 0 Å². The molecule has 0 radical (unpaired) electrons. The van der Waals surface area contributed by atoms with Crippen LogP contribution in [-0.4, -0.2) is 4.43 Å². The maximum Gasteiger partial charge on any atom is -0.000473 e. The van der Waals surface area contributed by atoms with E-state index in [-0.39, 0.29) is 0 Å². The van der Waals surface area contributed by atoms with E-state index >= 15 is 0 Å². The second kappa shape index (κ2) is 23.5. The molecule has 0 aromatic rings. The smallest absolute Gasteiger partial charge is 0.000473 e. The molecule has 0 nitrogen and oxygen atoms in total. The molecular weight excluding hydrogens is 403 g/mol. The van der Waals surface area contributed by atoms with Gasteiger partial charge in [-0.1, -0.05) is 138 Å². The van der Waals surface area contributed by atoms with Gasteiger partial charge in [-0.3, -0.25) is 0 Å². The van der Waals surface area contributed by atoms with Crippen molar-refractivity contribution < 1.29 is 0 Å². The van der Waals surface area contributed by atoms with E-state index in [0.717, 1.165) is 0 Å². The van der Waals surface area contributed by atoms with Gasteiger partial charge in [0, 0.05) is 0 Å². The van der Waals surface area contributed by atoms with Crippen LogP contribution in [0.5, 0.6) is 0 Å². The highest BCUT2D eigenvalue weighted by molar-refractivity contribution is 14.1. The Morgan fingerprint density at radius 3 is 0.917 bits per heavy atom. The van der Waals surface area contributed by atoms with Gasteiger partial charge in [0.1, 0.15) is 0 Å². The number of alkyl halides is 1. The van der Waals surface area contributed by atoms with Gasteiger partial charge in [0.2, 0.25) is 0 Å². The average molecular weight is 449 g/mol. The Balaban J connectivity index is 2.94. The zero-order valence-corrected chi connectivity index (χ0v) is 18.7. The maximum atomic E-state index is 3.78. The van der Waals surface area contributed by atoms with Crippen molar-refractivity contribution >= 4 is 22.6 Å². The summed E-state index contributed by atoms with van der Waals surface area (Å²) in [5.74, 6) is 0. The minimum atomic E-state index is 1.21. The number of halogens is 1. The van der Waals surface area contributed by atoms with Crippen molar-refractivity contribution in [2.75, 3.05) is 4.43 Å². The van der Waals surface area contributed by atoms with Crippen LogP contribution in [0.2, 0.25) is 0 Å². The van der Waals surface area contributed by atoms with Gasteiger partial charge >= 0.3 is 0 Å². The van der Waals surface area contributed by atoms with Gasteiger partial charge in [0.05, 0.1) is 0 Å². The van der Waals surface area contributed by atoms with E-state index in [9.17, 15) is 0 Å². The summed E-state index contributed by atoms with van der Waals surface area (Å²) >= 11 is 2.49. The van der Waals surface area contributed by atoms with Crippen LogP contribution in [0.1, 0.15) is 128 Å². The third-order valence-electron chi connectivity index (χ3n) is 5.04. The van der Waals surface area contributed by atoms with Gasteiger partial charge in [0.15, 0.2) is 0 Å². The molecule has 0 aromatic heterocycles. The maximum absolute atomic E-state index is 3.78. The summed E-state index contributed by atoms with van der Waals surface area (Å²) in [5.41, 5.74) is 0. The Bertz CT molecular complexity index is 224. The first-order chi connectivity index (χ1) is 11.9. The van der Waals surface area contributed by atoms with Crippen molar-refractivity contribution in [3.8, 4) is 0 Å². The number of rotatable bonds is 21. The van der Waals surface area contributed by atoms with Gasteiger partial charge in [-0.05, 0) is 23.7 Å². The average Bonchev–Trinajstić information content (AvgIpc) is 2.60. The van der Waals surface area contributed by atoms with Crippen molar-refractivity contribution in [1.82, 2.24) is 0 Å². The predicted octanol–water partition coefficient (Wildman–Crippen LogP) is 9.41. The van der Waals surface area contributed by atoms with Gasteiger partial charge in [-0.2, -0.15) is 0 Å². The van der Waals surface area contributed by atoms with Crippen LogP contribution >= 0.6 is 22.6 Å². The van der Waals surface area contributed by atoms with E-state index in [0.29, 0.717) is 0 Å². The fraction of sp³-hybridized carbons (Fsp3) is 0.913. The zero-order valence-electron chi connectivity index (χ0n) is 16.5. The lowest BCUT2D eigenvalue weighted by atomic mass is 10.0. The molecule has 0 aliphatic rings.